The molecule has 0 spiro atoms. The maximum atomic E-state index is 13.1. The Morgan fingerprint density at radius 2 is 2.46 bits per heavy atom. The molecule has 2 rings (SSSR count). The van der Waals surface area contributed by atoms with Gasteiger partial charge in [-0.3, -0.25) is 9.78 Å². The quantitative estimate of drug-likeness (QED) is 0.750. The predicted octanol–water partition coefficient (Wildman–Crippen LogP) is 1.41. The van der Waals surface area contributed by atoms with Crippen LogP contribution in [-0.2, 0) is 4.79 Å². The molecule has 1 aromatic heterocycles. The number of pyridine rings is 1. The van der Waals surface area contributed by atoms with Crippen LogP contribution in [0.15, 0.2) is 18.3 Å². The van der Waals surface area contributed by atoms with Gasteiger partial charge < -0.3 is 5.11 Å². The molecular weight excluding hydrogens is 173 g/mol. The first-order chi connectivity index (χ1) is 6.20. The standard InChI is InChI=1S/C9H8FNO2/c10-7-2-1-3-11-8(7)5-4-6(5)9(12)13/h1-3,5-6H,4H2,(H,12,13). The first kappa shape index (κ1) is 8.16. The number of carboxylic acids is 1. The van der Waals surface area contributed by atoms with Crippen LogP contribution in [0.25, 0.3) is 0 Å². The molecule has 1 heterocycles. The van der Waals surface area contributed by atoms with Crippen LogP contribution < -0.4 is 0 Å². The van der Waals surface area contributed by atoms with Gasteiger partial charge in [-0.25, -0.2) is 4.39 Å². The second kappa shape index (κ2) is 2.80. The highest BCUT2D eigenvalue weighted by Crippen LogP contribution is 2.47. The number of nitrogens with zero attached hydrogens (tertiary/aromatic N) is 1. The molecule has 1 saturated carbocycles. The molecule has 2 unspecified atom stereocenters. The van der Waals surface area contributed by atoms with Gasteiger partial charge in [0.2, 0.25) is 0 Å². The SMILES string of the molecule is O=C(O)C1CC1c1ncccc1F. The van der Waals surface area contributed by atoms with E-state index in [1.807, 2.05) is 0 Å². The van der Waals surface area contributed by atoms with E-state index in [-0.39, 0.29) is 11.6 Å². The zero-order valence-corrected chi connectivity index (χ0v) is 6.77. The van der Waals surface area contributed by atoms with E-state index in [9.17, 15) is 9.18 Å². The zero-order chi connectivity index (χ0) is 9.42. The van der Waals surface area contributed by atoms with Crippen LogP contribution in [0, 0.1) is 11.7 Å². The largest absolute Gasteiger partial charge is 0.481 e. The Bertz CT molecular complexity index is 353. The van der Waals surface area contributed by atoms with Crippen LogP contribution in [0.5, 0.6) is 0 Å². The van der Waals surface area contributed by atoms with Crippen molar-refractivity contribution < 1.29 is 14.3 Å². The van der Waals surface area contributed by atoms with E-state index < -0.39 is 17.7 Å². The van der Waals surface area contributed by atoms with Crippen LogP contribution in [-0.4, -0.2) is 16.1 Å². The Morgan fingerprint density at radius 3 is 3.00 bits per heavy atom. The molecule has 0 radical (unpaired) electrons. The summed E-state index contributed by atoms with van der Waals surface area (Å²) in [7, 11) is 0. The number of aliphatic carboxylic acids is 1. The third kappa shape index (κ3) is 1.39. The molecule has 0 bridgehead atoms. The van der Waals surface area contributed by atoms with Gasteiger partial charge in [0.05, 0.1) is 11.6 Å². The lowest BCUT2D eigenvalue weighted by atomic mass is 10.2. The summed E-state index contributed by atoms with van der Waals surface area (Å²) in [6.45, 7) is 0. The summed E-state index contributed by atoms with van der Waals surface area (Å²) in [5.41, 5.74) is 0.287. The number of halogens is 1. The van der Waals surface area contributed by atoms with Crippen molar-refractivity contribution in [3.05, 3.63) is 29.8 Å². The average molecular weight is 181 g/mol. The molecule has 0 amide bonds. The molecule has 1 N–H and O–H groups in total. The van der Waals surface area contributed by atoms with Crippen molar-refractivity contribution in [1.29, 1.82) is 0 Å². The first-order valence-electron chi connectivity index (χ1n) is 4.03. The summed E-state index contributed by atoms with van der Waals surface area (Å²) in [6.07, 6.45) is 1.99. The second-order valence-electron chi connectivity index (χ2n) is 3.16. The number of rotatable bonds is 2. The number of carbonyl (C=O) groups is 1. The molecule has 1 aliphatic carbocycles. The highest BCUT2D eigenvalue weighted by atomic mass is 19.1. The van der Waals surface area contributed by atoms with Crippen molar-refractivity contribution >= 4 is 5.97 Å². The molecule has 3 nitrogen and oxygen atoms in total. The lowest BCUT2D eigenvalue weighted by Gasteiger charge is -1.97. The maximum absolute atomic E-state index is 13.1. The van der Waals surface area contributed by atoms with Crippen molar-refractivity contribution in [2.45, 2.75) is 12.3 Å². The molecule has 1 aromatic rings. The fourth-order valence-electron chi connectivity index (χ4n) is 1.44. The summed E-state index contributed by atoms with van der Waals surface area (Å²) in [6, 6.07) is 2.80. The van der Waals surface area contributed by atoms with Gasteiger partial charge in [0.1, 0.15) is 5.82 Å². The van der Waals surface area contributed by atoms with Gasteiger partial charge in [-0.1, -0.05) is 0 Å². The molecule has 13 heavy (non-hydrogen) atoms. The summed E-state index contributed by atoms with van der Waals surface area (Å²) >= 11 is 0. The molecule has 0 saturated heterocycles. The topological polar surface area (TPSA) is 50.2 Å². The van der Waals surface area contributed by atoms with E-state index in [0.717, 1.165) is 0 Å². The third-order valence-electron chi connectivity index (χ3n) is 2.25. The minimum Gasteiger partial charge on any atom is -0.481 e. The highest BCUT2D eigenvalue weighted by molar-refractivity contribution is 5.75. The number of hydrogen-bond acceptors (Lipinski definition) is 2. The van der Waals surface area contributed by atoms with Crippen molar-refractivity contribution in [3.63, 3.8) is 0 Å². The van der Waals surface area contributed by atoms with E-state index >= 15 is 0 Å². The molecule has 0 aromatic carbocycles. The normalized spacial score (nSPS) is 25.6. The third-order valence-corrected chi connectivity index (χ3v) is 2.25. The van der Waals surface area contributed by atoms with Crippen molar-refractivity contribution in [2.24, 2.45) is 5.92 Å². The van der Waals surface area contributed by atoms with Gasteiger partial charge >= 0.3 is 5.97 Å². The summed E-state index contributed by atoms with van der Waals surface area (Å²) in [5, 5.41) is 8.63. The molecular formula is C9H8FNO2. The fraction of sp³-hybridized carbons (Fsp3) is 0.333. The maximum Gasteiger partial charge on any atom is 0.307 e. The summed E-state index contributed by atoms with van der Waals surface area (Å²) in [5.74, 6) is -1.94. The monoisotopic (exact) mass is 181 g/mol. The summed E-state index contributed by atoms with van der Waals surface area (Å²) < 4.78 is 13.1. The Hall–Kier alpha value is -1.45. The van der Waals surface area contributed by atoms with E-state index in [4.69, 9.17) is 5.11 Å². The molecule has 2 atom stereocenters. The van der Waals surface area contributed by atoms with Gasteiger partial charge in [-0.2, -0.15) is 0 Å². The van der Waals surface area contributed by atoms with Crippen molar-refractivity contribution in [2.75, 3.05) is 0 Å². The van der Waals surface area contributed by atoms with E-state index in [1.54, 1.807) is 0 Å². The Kier molecular flexibility index (Phi) is 1.76. The summed E-state index contributed by atoms with van der Waals surface area (Å²) in [4.78, 5) is 14.3. The van der Waals surface area contributed by atoms with Gasteiger partial charge in [0.15, 0.2) is 0 Å². The fourth-order valence-corrected chi connectivity index (χ4v) is 1.44. The van der Waals surface area contributed by atoms with E-state index in [0.29, 0.717) is 6.42 Å². The van der Waals surface area contributed by atoms with Crippen LogP contribution in [0.1, 0.15) is 18.0 Å². The van der Waals surface area contributed by atoms with E-state index in [2.05, 4.69) is 4.98 Å². The number of aromatic nitrogens is 1. The minimum absolute atomic E-state index is 0.223. The van der Waals surface area contributed by atoms with Gasteiger partial charge in [-0.15, -0.1) is 0 Å². The lowest BCUT2D eigenvalue weighted by molar-refractivity contribution is -0.138. The number of carboxylic acid groups (broad SMARTS) is 1. The Morgan fingerprint density at radius 1 is 1.69 bits per heavy atom. The Balaban J connectivity index is 2.21. The predicted molar refractivity (Wildman–Crippen MR) is 42.7 cm³/mol. The molecule has 0 aliphatic heterocycles. The van der Waals surface area contributed by atoms with Crippen LogP contribution >= 0.6 is 0 Å². The molecule has 4 heteroatoms. The van der Waals surface area contributed by atoms with Crippen LogP contribution in [0.3, 0.4) is 0 Å². The second-order valence-corrected chi connectivity index (χ2v) is 3.16. The van der Waals surface area contributed by atoms with Gasteiger partial charge in [0, 0.05) is 12.1 Å². The highest BCUT2D eigenvalue weighted by Gasteiger charge is 2.46. The first-order valence-corrected chi connectivity index (χ1v) is 4.03. The Labute approximate surface area is 74.2 Å². The molecule has 1 fully saturated rings. The smallest absolute Gasteiger partial charge is 0.307 e. The molecule has 1 aliphatic rings. The average Bonchev–Trinajstić information content (AvgIpc) is 2.84. The van der Waals surface area contributed by atoms with Crippen LogP contribution in [0.4, 0.5) is 4.39 Å². The van der Waals surface area contributed by atoms with Gasteiger partial charge in [0.25, 0.3) is 0 Å². The van der Waals surface area contributed by atoms with E-state index in [1.165, 1.54) is 18.3 Å². The minimum atomic E-state index is -0.866. The molecule has 68 valence electrons. The van der Waals surface area contributed by atoms with Crippen molar-refractivity contribution in [1.82, 2.24) is 4.98 Å². The zero-order valence-electron chi connectivity index (χ0n) is 6.77. The van der Waals surface area contributed by atoms with Gasteiger partial charge in [-0.05, 0) is 18.6 Å². The number of hydrogen-bond donors (Lipinski definition) is 1. The van der Waals surface area contributed by atoms with Crippen LogP contribution in [0.2, 0.25) is 0 Å². The lowest BCUT2D eigenvalue weighted by Crippen LogP contribution is -2.01. The van der Waals surface area contributed by atoms with Crippen molar-refractivity contribution in [3.8, 4) is 0 Å².